The van der Waals surface area contributed by atoms with Gasteiger partial charge in [-0.3, -0.25) is 0 Å². The molecule has 108 valence electrons. The number of alkyl halides is 1. The fraction of sp³-hybridized carbons (Fsp3) is 0.500. The zero-order valence-corrected chi connectivity index (χ0v) is 11.8. The van der Waals surface area contributed by atoms with Crippen molar-refractivity contribution in [3.8, 4) is 0 Å². The molecule has 1 unspecified atom stereocenters. The highest BCUT2D eigenvalue weighted by Gasteiger charge is 2.19. The maximum absolute atomic E-state index is 13.8. The van der Waals surface area contributed by atoms with Gasteiger partial charge in [0.15, 0.2) is 5.82 Å². The van der Waals surface area contributed by atoms with Gasteiger partial charge in [-0.15, -0.1) is 11.6 Å². The van der Waals surface area contributed by atoms with Crippen LogP contribution in [-0.2, 0) is 22.4 Å². The maximum atomic E-state index is 13.8. The van der Waals surface area contributed by atoms with E-state index >= 15 is 0 Å². The molecule has 0 aliphatic carbocycles. The standard InChI is InChI=1S/C14H16ClFN2O2/c15-5-4-13-17-14-11(16)2-1-3-12(14)18(13)8-10-9-19-6-7-20-10/h1-3,10H,4-9H2. The van der Waals surface area contributed by atoms with E-state index in [4.69, 9.17) is 21.1 Å². The minimum absolute atomic E-state index is 0.0292. The molecule has 2 heterocycles. The number of imidazole rings is 1. The van der Waals surface area contributed by atoms with Gasteiger partial charge < -0.3 is 14.0 Å². The minimum Gasteiger partial charge on any atom is -0.376 e. The van der Waals surface area contributed by atoms with Gasteiger partial charge in [-0.25, -0.2) is 9.37 Å². The Labute approximate surface area is 121 Å². The van der Waals surface area contributed by atoms with Crippen molar-refractivity contribution in [1.82, 2.24) is 9.55 Å². The van der Waals surface area contributed by atoms with E-state index < -0.39 is 0 Å². The van der Waals surface area contributed by atoms with Gasteiger partial charge in [0.2, 0.25) is 0 Å². The van der Waals surface area contributed by atoms with Gasteiger partial charge in [-0.05, 0) is 12.1 Å². The molecule has 1 aliphatic heterocycles. The lowest BCUT2D eigenvalue weighted by Crippen LogP contribution is -2.32. The molecule has 0 spiro atoms. The van der Waals surface area contributed by atoms with Gasteiger partial charge in [-0.2, -0.15) is 0 Å². The fourth-order valence-electron chi connectivity index (χ4n) is 2.49. The number of para-hydroxylation sites is 1. The smallest absolute Gasteiger partial charge is 0.151 e. The topological polar surface area (TPSA) is 36.3 Å². The molecule has 1 aromatic heterocycles. The Morgan fingerprint density at radius 2 is 2.30 bits per heavy atom. The summed E-state index contributed by atoms with van der Waals surface area (Å²) in [6.45, 7) is 2.38. The van der Waals surface area contributed by atoms with Crippen molar-refractivity contribution in [2.24, 2.45) is 0 Å². The van der Waals surface area contributed by atoms with Crippen LogP contribution in [0.5, 0.6) is 0 Å². The molecule has 1 aliphatic rings. The van der Waals surface area contributed by atoms with Gasteiger partial charge in [0.05, 0.1) is 38.0 Å². The highest BCUT2D eigenvalue weighted by molar-refractivity contribution is 6.17. The van der Waals surface area contributed by atoms with Crippen LogP contribution in [0.4, 0.5) is 4.39 Å². The number of ether oxygens (including phenoxy) is 2. The monoisotopic (exact) mass is 298 g/mol. The summed E-state index contributed by atoms with van der Waals surface area (Å²) in [5, 5.41) is 0. The van der Waals surface area contributed by atoms with Gasteiger partial charge in [-0.1, -0.05) is 6.07 Å². The van der Waals surface area contributed by atoms with E-state index in [0.717, 1.165) is 11.3 Å². The first-order valence-electron chi connectivity index (χ1n) is 6.68. The molecule has 1 atom stereocenters. The fourth-order valence-corrected chi connectivity index (χ4v) is 2.65. The van der Waals surface area contributed by atoms with E-state index in [1.54, 1.807) is 6.07 Å². The van der Waals surface area contributed by atoms with Crippen LogP contribution < -0.4 is 0 Å². The molecule has 1 fully saturated rings. The summed E-state index contributed by atoms with van der Waals surface area (Å²) < 4.78 is 26.9. The number of benzene rings is 1. The SMILES string of the molecule is Fc1cccc2c1nc(CCCl)n2CC1COCCO1. The van der Waals surface area contributed by atoms with Crippen LogP contribution in [0.3, 0.4) is 0 Å². The van der Waals surface area contributed by atoms with Crippen LogP contribution in [0.2, 0.25) is 0 Å². The highest BCUT2D eigenvalue weighted by Crippen LogP contribution is 2.21. The van der Waals surface area contributed by atoms with Crippen molar-refractivity contribution in [3.05, 3.63) is 29.8 Å². The molecule has 0 radical (unpaired) electrons. The lowest BCUT2D eigenvalue weighted by molar-refractivity contribution is -0.0934. The molecular formula is C14H16ClFN2O2. The van der Waals surface area contributed by atoms with Crippen molar-refractivity contribution in [3.63, 3.8) is 0 Å². The molecule has 3 rings (SSSR count). The Hall–Kier alpha value is -1.17. The van der Waals surface area contributed by atoms with Crippen LogP contribution in [0.1, 0.15) is 5.82 Å². The van der Waals surface area contributed by atoms with Gasteiger partial charge in [0, 0.05) is 12.3 Å². The normalized spacial score (nSPS) is 19.6. The van der Waals surface area contributed by atoms with Crippen molar-refractivity contribution in [2.75, 3.05) is 25.7 Å². The third-order valence-electron chi connectivity index (χ3n) is 3.40. The van der Waals surface area contributed by atoms with Crippen molar-refractivity contribution >= 4 is 22.6 Å². The first kappa shape index (κ1) is 13.8. The average molecular weight is 299 g/mol. The van der Waals surface area contributed by atoms with E-state index in [2.05, 4.69) is 4.98 Å². The maximum Gasteiger partial charge on any atom is 0.151 e. The molecule has 2 aromatic rings. The predicted molar refractivity (Wildman–Crippen MR) is 74.7 cm³/mol. The van der Waals surface area contributed by atoms with Gasteiger partial charge in [0.25, 0.3) is 0 Å². The van der Waals surface area contributed by atoms with Gasteiger partial charge >= 0.3 is 0 Å². The minimum atomic E-state index is -0.308. The number of hydrogen-bond acceptors (Lipinski definition) is 3. The molecular weight excluding hydrogens is 283 g/mol. The van der Waals surface area contributed by atoms with Crippen molar-refractivity contribution in [2.45, 2.75) is 19.1 Å². The summed E-state index contributed by atoms with van der Waals surface area (Å²) in [6, 6.07) is 4.98. The molecule has 20 heavy (non-hydrogen) atoms. The molecule has 1 saturated heterocycles. The van der Waals surface area contributed by atoms with Crippen LogP contribution >= 0.6 is 11.6 Å². The van der Waals surface area contributed by atoms with E-state index in [9.17, 15) is 4.39 Å². The Balaban J connectivity index is 1.97. The first-order chi connectivity index (χ1) is 9.79. The second-order valence-corrected chi connectivity index (χ2v) is 5.13. The van der Waals surface area contributed by atoms with Crippen molar-refractivity contribution in [1.29, 1.82) is 0 Å². The molecule has 0 bridgehead atoms. The Morgan fingerprint density at radius 3 is 3.05 bits per heavy atom. The van der Waals surface area contributed by atoms with Crippen LogP contribution in [0.15, 0.2) is 18.2 Å². The summed E-state index contributed by atoms with van der Waals surface area (Å²) in [4.78, 5) is 4.37. The molecule has 6 heteroatoms. The van der Waals surface area contributed by atoms with E-state index in [1.165, 1.54) is 6.07 Å². The number of rotatable bonds is 4. The molecule has 0 N–H and O–H groups in total. The summed E-state index contributed by atoms with van der Waals surface area (Å²) in [5.41, 5.74) is 1.17. The number of halogens is 2. The summed E-state index contributed by atoms with van der Waals surface area (Å²) in [7, 11) is 0. The third kappa shape index (κ3) is 2.66. The number of aryl methyl sites for hydroxylation is 1. The quantitative estimate of drug-likeness (QED) is 0.813. The molecule has 4 nitrogen and oxygen atoms in total. The second-order valence-electron chi connectivity index (χ2n) is 4.75. The zero-order chi connectivity index (χ0) is 13.9. The Kier molecular flexibility index (Phi) is 4.19. The van der Waals surface area contributed by atoms with Crippen LogP contribution in [0, 0.1) is 5.82 Å². The lowest BCUT2D eigenvalue weighted by atomic mass is 10.3. The van der Waals surface area contributed by atoms with E-state index in [-0.39, 0.29) is 11.9 Å². The predicted octanol–water partition coefficient (Wildman–Crippen LogP) is 2.37. The van der Waals surface area contributed by atoms with E-state index in [0.29, 0.717) is 44.2 Å². The van der Waals surface area contributed by atoms with Crippen molar-refractivity contribution < 1.29 is 13.9 Å². The summed E-state index contributed by atoms with van der Waals surface area (Å²) >= 11 is 5.82. The first-order valence-corrected chi connectivity index (χ1v) is 7.22. The number of fused-ring (bicyclic) bond motifs is 1. The molecule has 0 amide bonds. The second kappa shape index (κ2) is 6.08. The van der Waals surface area contributed by atoms with Gasteiger partial charge in [0.1, 0.15) is 11.3 Å². The largest absolute Gasteiger partial charge is 0.376 e. The Morgan fingerprint density at radius 1 is 1.40 bits per heavy atom. The summed E-state index contributed by atoms with van der Waals surface area (Å²) in [6.07, 6.45) is 0.571. The molecule has 0 saturated carbocycles. The Bertz CT molecular complexity index is 596. The lowest BCUT2D eigenvalue weighted by Gasteiger charge is -2.24. The number of hydrogen-bond donors (Lipinski definition) is 0. The molecule has 1 aromatic carbocycles. The zero-order valence-electron chi connectivity index (χ0n) is 11.0. The van der Waals surface area contributed by atoms with Crippen LogP contribution in [-0.4, -0.2) is 41.4 Å². The third-order valence-corrected chi connectivity index (χ3v) is 3.59. The average Bonchev–Trinajstić information content (AvgIpc) is 2.81. The number of nitrogens with zero attached hydrogens (tertiary/aromatic N) is 2. The highest BCUT2D eigenvalue weighted by atomic mass is 35.5. The van der Waals surface area contributed by atoms with Crippen LogP contribution in [0.25, 0.3) is 11.0 Å². The summed E-state index contributed by atoms with van der Waals surface area (Å²) in [5.74, 6) is 0.930. The van der Waals surface area contributed by atoms with E-state index in [1.807, 2.05) is 10.6 Å². The number of aromatic nitrogens is 2.